The summed E-state index contributed by atoms with van der Waals surface area (Å²) in [6.07, 6.45) is 1.59. The van der Waals surface area contributed by atoms with Gasteiger partial charge in [0.1, 0.15) is 0 Å². The number of ether oxygens (including phenoxy) is 1. The maximum atomic E-state index is 11.8. The largest absolute Gasteiger partial charge is 0.477 e. The minimum absolute atomic E-state index is 0.00137. The number of carbonyl (C=O) groups is 2. The fourth-order valence-electron chi connectivity index (χ4n) is 2.93. The summed E-state index contributed by atoms with van der Waals surface area (Å²) in [6.45, 7) is 1.23. The maximum absolute atomic E-state index is 11.8. The van der Waals surface area contributed by atoms with Crippen molar-refractivity contribution in [3.05, 3.63) is 17.8 Å². The summed E-state index contributed by atoms with van der Waals surface area (Å²) < 4.78 is 6.04. The van der Waals surface area contributed by atoms with Crippen molar-refractivity contribution in [2.45, 2.75) is 12.8 Å². The van der Waals surface area contributed by atoms with Crippen LogP contribution in [0, 0.1) is 5.92 Å². The summed E-state index contributed by atoms with van der Waals surface area (Å²) in [6, 6.07) is 3.13. The number of nitrogens with two attached hydrogens (primary N) is 1. The minimum Gasteiger partial charge on any atom is -0.477 e. The van der Waals surface area contributed by atoms with E-state index in [1.807, 2.05) is 4.90 Å². The number of aromatic nitrogens is 3. The van der Waals surface area contributed by atoms with Gasteiger partial charge < -0.3 is 20.5 Å². The molecule has 0 saturated carbocycles. The lowest BCUT2D eigenvalue weighted by Crippen LogP contribution is -2.39. The molecular formula is C14H17N5O4. The van der Waals surface area contributed by atoms with E-state index >= 15 is 0 Å². The molecule has 0 radical (unpaired) electrons. The molecule has 0 bridgehead atoms. The standard InChI is InChI=1S/C14H17N5O4/c1-23-13(22)8-3-2-6-18(7-8)9-4-5-10(12(20)21)19-11(9)16-14(15)17-19/h4-5,8H,2-3,6-7H2,1H3,(H2,15,17)(H,20,21). The molecule has 1 aliphatic rings. The predicted molar refractivity (Wildman–Crippen MR) is 81.3 cm³/mol. The summed E-state index contributed by atoms with van der Waals surface area (Å²) >= 11 is 0. The van der Waals surface area contributed by atoms with Gasteiger partial charge in [-0.1, -0.05) is 0 Å². The van der Waals surface area contributed by atoms with Crippen molar-refractivity contribution in [1.82, 2.24) is 14.6 Å². The van der Waals surface area contributed by atoms with E-state index in [9.17, 15) is 14.7 Å². The second kappa shape index (κ2) is 5.75. The van der Waals surface area contributed by atoms with Crippen molar-refractivity contribution in [2.24, 2.45) is 5.92 Å². The van der Waals surface area contributed by atoms with Crippen LogP contribution >= 0.6 is 0 Å². The topological polar surface area (TPSA) is 123 Å². The molecule has 3 heterocycles. The van der Waals surface area contributed by atoms with Crippen LogP contribution < -0.4 is 10.6 Å². The first-order valence-electron chi connectivity index (χ1n) is 7.22. The molecule has 2 aromatic rings. The van der Waals surface area contributed by atoms with Crippen molar-refractivity contribution in [3.63, 3.8) is 0 Å². The lowest BCUT2D eigenvalue weighted by molar-refractivity contribution is -0.145. The average Bonchev–Trinajstić information content (AvgIpc) is 2.94. The number of anilines is 2. The number of aromatic carboxylic acids is 1. The molecule has 2 aromatic heterocycles. The van der Waals surface area contributed by atoms with Crippen molar-refractivity contribution in [2.75, 3.05) is 30.8 Å². The molecule has 0 amide bonds. The minimum atomic E-state index is -1.11. The van der Waals surface area contributed by atoms with E-state index in [0.717, 1.165) is 19.4 Å². The molecule has 1 unspecified atom stereocenters. The van der Waals surface area contributed by atoms with Gasteiger partial charge in [0.15, 0.2) is 11.3 Å². The van der Waals surface area contributed by atoms with E-state index in [2.05, 4.69) is 10.1 Å². The van der Waals surface area contributed by atoms with E-state index in [4.69, 9.17) is 10.5 Å². The second-order valence-corrected chi connectivity index (χ2v) is 5.42. The molecule has 3 rings (SSSR count). The van der Waals surface area contributed by atoms with Crippen LogP contribution in [0.4, 0.5) is 11.6 Å². The van der Waals surface area contributed by atoms with Crippen LogP contribution in [0.5, 0.6) is 0 Å². The first-order valence-corrected chi connectivity index (χ1v) is 7.22. The summed E-state index contributed by atoms with van der Waals surface area (Å²) in [5.41, 5.74) is 6.68. The smallest absolute Gasteiger partial charge is 0.354 e. The zero-order valence-electron chi connectivity index (χ0n) is 12.6. The number of hydrogen-bond acceptors (Lipinski definition) is 7. The first-order chi connectivity index (χ1) is 11.0. The molecule has 1 aliphatic heterocycles. The van der Waals surface area contributed by atoms with Gasteiger partial charge in [-0.2, -0.15) is 4.98 Å². The third-order valence-corrected chi connectivity index (χ3v) is 4.00. The van der Waals surface area contributed by atoms with E-state index in [-0.39, 0.29) is 23.5 Å². The fraction of sp³-hybridized carbons (Fsp3) is 0.429. The van der Waals surface area contributed by atoms with Crippen LogP contribution in [-0.4, -0.2) is 51.8 Å². The molecule has 0 aromatic carbocycles. The molecule has 23 heavy (non-hydrogen) atoms. The monoisotopic (exact) mass is 319 g/mol. The van der Waals surface area contributed by atoms with Gasteiger partial charge in [0.2, 0.25) is 5.95 Å². The molecule has 1 saturated heterocycles. The summed E-state index contributed by atoms with van der Waals surface area (Å²) in [4.78, 5) is 29.2. The van der Waals surface area contributed by atoms with Gasteiger partial charge in [-0.25, -0.2) is 9.31 Å². The molecule has 3 N–H and O–H groups in total. The van der Waals surface area contributed by atoms with Crippen molar-refractivity contribution in [1.29, 1.82) is 0 Å². The molecule has 9 heteroatoms. The van der Waals surface area contributed by atoms with Crippen LogP contribution in [0.15, 0.2) is 12.1 Å². The molecule has 0 aliphatic carbocycles. The number of nitrogen functional groups attached to an aromatic ring is 1. The molecule has 1 fully saturated rings. The van der Waals surface area contributed by atoms with Crippen LogP contribution in [-0.2, 0) is 9.53 Å². The number of pyridine rings is 1. The predicted octanol–water partition coefficient (Wildman–Crippen LogP) is 0.399. The second-order valence-electron chi connectivity index (χ2n) is 5.42. The number of piperidine rings is 1. The Labute approximate surface area is 131 Å². The van der Waals surface area contributed by atoms with Gasteiger partial charge in [-0.3, -0.25) is 4.79 Å². The summed E-state index contributed by atoms with van der Waals surface area (Å²) in [5.74, 6) is -1.57. The third kappa shape index (κ3) is 2.65. The number of fused-ring (bicyclic) bond motifs is 1. The lowest BCUT2D eigenvalue weighted by atomic mass is 9.98. The maximum Gasteiger partial charge on any atom is 0.354 e. The van der Waals surface area contributed by atoms with Gasteiger partial charge in [0, 0.05) is 13.1 Å². The molecule has 122 valence electrons. The summed E-state index contributed by atoms with van der Waals surface area (Å²) in [7, 11) is 1.38. The first kappa shape index (κ1) is 15.1. The zero-order chi connectivity index (χ0) is 16.6. The van der Waals surface area contributed by atoms with E-state index in [0.29, 0.717) is 17.9 Å². The number of methoxy groups -OCH3 is 1. The highest BCUT2D eigenvalue weighted by Crippen LogP contribution is 2.28. The molecule has 0 spiro atoms. The van der Waals surface area contributed by atoms with Crippen LogP contribution in [0.3, 0.4) is 0 Å². The number of carboxylic acid groups (broad SMARTS) is 1. The number of nitrogens with zero attached hydrogens (tertiary/aromatic N) is 4. The number of esters is 1. The van der Waals surface area contributed by atoms with Crippen LogP contribution in [0.2, 0.25) is 0 Å². The molecular weight excluding hydrogens is 302 g/mol. The SMILES string of the molecule is COC(=O)C1CCCN(c2ccc(C(=O)O)n3nc(N)nc23)C1. The van der Waals surface area contributed by atoms with Gasteiger partial charge in [0.25, 0.3) is 0 Å². The van der Waals surface area contributed by atoms with Crippen molar-refractivity contribution >= 4 is 29.2 Å². The lowest BCUT2D eigenvalue weighted by Gasteiger charge is -2.33. The highest BCUT2D eigenvalue weighted by Gasteiger charge is 2.28. The Morgan fingerprint density at radius 1 is 1.43 bits per heavy atom. The third-order valence-electron chi connectivity index (χ3n) is 4.00. The van der Waals surface area contributed by atoms with Crippen molar-refractivity contribution < 1.29 is 19.4 Å². The number of rotatable bonds is 3. The Hall–Kier alpha value is -2.84. The average molecular weight is 319 g/mol. The van der Waals surface area contributed by atoms with Crippen LogP contribution in [0.25, 0.3) is 5.65 Å². The normalized spacial score (nSPS) is 18.1. The van der Waals surface area contributed by atoms with Crippen LogP contribution in [0.1, 0.15) is 23.3 Å². The van der Waals surface area contributed by atoms with Gasteiger partial charge in [-0.15, -0.1) is 5.10 Å². The van der Waals surface area contributed by atoms with Gasteiger partial charge >= 0.3 is 11.9 Å². The Balaban J connectivity index is 2.01. The Bertz CT molecular complexity index is 772. The van der Waals surface area contributed by atoms with E-state index in [1.54, 1.807) is 6.07 Å². The Morgan fingerprint density at radius 2 is 2.22 bits per heavy atom. The zero-order valence-corrected chi connectivity index (χ0v) is 12.6. The summed E-state index contributed by atoms with van der Waals surface area (Å²) in [5, 5.41) is 13.2. The van der Waals surface area contributed by atoms with E-state index < -0.39 is 5.97 Å². The molecule has 1 atom stereocenters. The number of carboxylic acids is 1. The Kier molecular flexibility index (Phi) is 3.77. The highest BCUT2D eigenvalue weighted by atomic mass is 16.5. The van der Waals surface area contributed by atoms with Gasteiger partial charge in [-0.05, 0) is 25.0 Å². The number of carbonyl (C=O) groups excluding carboxylic acids is 1. The quantitative estimate of drug-likeness (QED) is 0.779. The van der Waals surface area contributed by atoms with Gasteiger partial charge in [0.05, 0.1) is 18.7 Å². The fourth-order valence-corrected chi connectivity index (χ4v) is 2.93. The van der Waals surface area contributed by atoms with Crippen molar-refractivity contribution in [3.8, 4) is 0 Å². The molecule has 9 nitrogen and oxygen atoms in total. The Morgan fingerprint density at radius 3 is 2.91 bits per heavy atom. The highest BCUT2D eigenvalue weighted by molar-refractivity contribution is 5.88. The number of hydrogen-bond donors (Lipinski definition) is 2. The van der Waals surface area contributed by atoms with E-state index in [1.165, 1.54) is 17.7 Å².